The number of allylic oxidation sites excluding steroid dienone is 1. The molecule has 0 aromatic carbocycles. The molecule has 0 unspecified atom stereocenters. The molecule has 1 aliphatic rings. The SMILES string of the molecule is CC.C[N+]1=CC=CC1. The average molecular weight is 112 g/mol. The van der Waals surface area contributed by atoms with Crippen molar-refractivity contribution in [2.75, 3.05) is 13.6 Å². The maximum atomic E-state index is 2.12. The highest BCUT2D eigenvalue weighted by Crippen LogP contribution is 1.78. The minimum absolute atomic E-state index is 1.08. The van der Waals surface area contributed by atoms with Gasteiger partial charge in [-0.1, -0.05) is 13.8 Å². The molecule has 0 atom stereocenters. The third-order valence-corrected chi connectivity index (χ3v) is 0.870. The summed E-state index contributed by atoms with van der Waals surface area (Å²) in [7, 11) is 2.06. The second-order valence-corrected chi connectivity index (χ2v) is 1.52. The molecular formula is C7H14N+. The molecule has 0 spiro atoms. The number of nitrogens with zero attached hydrogens (tertiary/aromatic N) is 1. The standard InChI is InChI=1S/C5H8N.C2H6/c1-6-4-2-3-5-6;1-2/h2-4H,5H2,1H3;1-2H3/q+1;. The molecule has 1 heteroatoms. The Morgan fingerprint density at radius 1 is 1.38 bits per heavy atom. The van der Waals surface area contributed by atoms with E-state index in [9.17, 15) is 0 Å². The van der Waals surface area contributed by atoms with Crippen molar-refractivity contribution in [1.29, 1.82) is 0 Å². The molecule has 1 nitrogen and oxygen atoms in total. The van der Waals surface area contributed by atoms with Crippen LogP contribution in [0.15, 0.2) is 12.2 Å². The van der Waals surface area contributed by atoms with Crippen molar-refractivity contribution in [2.45, 2.75) is 13.8 Å². The maximum absolute atomic E-state index is 2.12. The van der Waals surface area contributed by atoms with Crippen molar-refractivity contribution in [1.82, 2.24) is 0 Å². The summed E-state index contributed by atoms with van der Waals surface area (Å²) in [5.41, 5.74) is 0. The number of likely N-dealkylation sites (N-methyl/N-ethyl adjacent to an activating group) is 1. The van der Waals surface area contributed by atoms with E-state index in [1.165, 1.54) is 0 Å². The Bertz CT molecular complexity index is 101. The zero-order valence-corrected chi connectivity index (χ0v) is 5.89. The van der Waals surface area contributed by atoms with Crippen LogP contribution in [0, 0.1) is 0 Å². The van der Waals surface area contributed by atoms with E-state index in [-0.39, 0.29) is 0 Å². The predicted molar refractivity (Wildman–Crippen MR) is 37.6 cm³/mol. The normalized spacial score (nSPS) is 14.6. The van der Waals surface area contributed by atoms with Gasteiger partial charge in [0.15, 0.2) is 12.8 Å². The third-order valence-electron chi connectivity index (χ3n) is 0.870. The lowest BCUT2D eigenvalue weighted by molar-refractivity contribution is -0.477. The van der Waals surface area contributed by atoms with E-state index in [4.69, 9.17) is 0 Å². The number of rotatable bonds is 0. The van der Waals surface area contributed by atoms with Crippen molar-refractivity contribution in [3.05, 3.63) is 12.2 Å². The van der Waals surface area contributed by atoms with E-state index in [0.29, 0.717) is 0 Å². The van der Waals surface area contributed by atoms with E-state index < -0.39 is 0 Å². The van der Waals surface area contributed by atoms with Crippen LogP contribution in [0.1, 0.15) is 13.8 Å². The van der Waals surface area contributed by atoms with Crippen LogP contribution < -0.4 is 0 Å². The van der Waals surface area contributed by atoms with Crippen molar-refractivity contribution in [3.8, 4) is 0 Å². The molecule has 1 rings (SSSR count). The van der Waals surface area contributed by atoms with Gasteiger partial charge in [-0.25, -0.2) is 4.58 Å². The van der Waals surface area contributed by atoms with Gasteiger partial charge in [-0.2, -0.15) is 0 Å². The fourth-order valence-corrected chi connectivity index (χ4v) is 0.496. The van der Waals surface area contributed by atoms with Crippen LogP contribution in [-0.4, -0.2) is 24.4 Å². The van der Waals surface area contributed by atoms with Gasteiger partial charge in [0.25, 0.3) is 0 Å². The van der Waals surface area contributed by atoms with Gasteiger partial charge in [-0.15, -0.1) is 0 Å². The molecule has 0 amide bonds. The fraction of sp³-hybridized carbons (Fsp3) is 0.571. The van der Waals surface area contributed by atoms with Crippen LogP contribution in [-0.2, 0) is 0 Å². The van der Waals surface area contributed by atoms with Crippen LogP contribution in [0.3, 0.4) is 0 Å². The first kappa shape index (κ1) is 7.41. The van der Waals surface area contributed by atoms with Crippen LogP contribution >= 0.6 is 0 Å². The second-order valence-electron chi connectivity index (χ2n) is 1.52. The van der Waals surface area contributed by atoms with Crippen LogP contribution in [0.4, 0.5) is 0 Å². The lowest BCUT2D eigenvalue weighted by Gasteiger charge is -1.76. The predicted octanol–water partition coefficient (Wildman–Crippen LogP) is 1.30. The first-order chi connectivity index (χ1) is 3.89. The maximum Gasteiger partial charge on any atom is 0.163 e. The Kier molecular flexibility index (Phi) is 4.23. The number of hydrogen-bond donors (Lipinski definition) is 0. The highest BCUT2D eigenvalue weighted by molar-refractivity contribution is 5.67. The summed E-state index contributed by atoms with van der Waals surface area (Å²) >= 11 is 0. The Hall–Kier alpha value is -0.590. The van der Waals surface area contributed by atoms with Gasteiger partial charge in [0.05, 0.1) is 0 Å². The van der Waals surface area contributed by atoms with Gasteiger partial charge < -0.3 is 0 Å². The van der Waals surface area contributed by atoms with Gasteiger partial charge in [0.2, 0.25) is 0 Å². The van der Waals surface area contributed by atoms with Crippen LogP contribution in [0.2, 0.25) is 0 Å². The van der Waals surface area contributed by atoms with E-state index in [2.05, 4.69) is 30.0 Å². The molecule has 0 saturated carbocycles. The molecule has 46 valence electrons. The lowest BCUT2D eigenvalue weighted by Crippen LogP contribution is -1.98. The lowest BCUT2D eigenvalue weighted by atomic mass is 10.6. The molecule has 0 aromatic rings. The average Bonchev–Trinajstić information content (AvgIpc) is 2.24. The monoisotopic (exact) mass is 112 g/mol. The van der Waals surface area contributed by atoms with Gasteiger partial charge >= 0.3 is 0 Å². The van der Waals surface area contributed by atoms with Crippen molar-refractivity contribution < 1.29 is 4.58 Å². The molecule has 0 fully saturated rings. The Morgan fingerprint density at radius 2 is 2.00 bits per heavy atom. The van der Waals surface area contributed by atoms with Gasteiger partial charge in [0, 0.05) is 6.08 Å². The molecule has 0 radical (unpaired) electrons. The number of hydrogen-bond acceptors (Lipinski definition) is 0. The van der Waals surface area contributed by atoms with Crippen molar-refractivity contribution in [3.63, 3.8) is 0 Å². The molecule has 1 aliphatic heterocycles. The first-order valence-corrected chi connectivity index (χ1v) is 3.10. The molecular weight excluding hydrogens is 98.1 g/mol. The van der Waals surface area contributed by atoms with E-state index >= 15 is 0 Å². The fourth-order valence-electron chi connectivity index (χ4n) is 0.496. The summed E-state index contributed by atoms with van der Waals surface area (Å²) in [6, 6.07) is 0. The van der Waals surface area contributed by atoms with Crippen molar-refractivity contribution in [2.24, 2.45) is 0 Å². The Labute approximate surface area is 51.3 Å². The molecule has 0 N–H and O–H groups in total. The first-order valence-electron chi connectivity index (χ1n) is 3.10. The second kappa shape index (κ2) is 4.57. The quantitative estimate of drug-likeness (QED) is 0.415. The Balaban J connectivity index is 0.000000222. The minimum atomic E-state index is 1.08. The smallest absolute Gasteiger partial charge is 0.163 e. The largest absolute Gasteiger partial charge is 0.235 e. The molecule has 1 heterocycles. The van der Waals surface area contributed by atoms with E-state index in [1.807, 2.05) is 13.8 Å². The molecule has 0 aromatic heterocycles. The van der Waals surface area contributed by atoms with E-state index in [0.717, 1.165) is 6.54 Å². The third kappa shape index (κ3) is 2.56. The van der Waals surface area contributed by atoms with E-state index in [1.54, 1.807) is 0 Å². The van der Waals surface area contributed by atoms with Crippen molar-refractivity contribution >= 4 is 6.21 Å². The summed E-state index contributed by atoms with van der Waals surface area (Å²) < 4.78 is 2.12. The zero-order chi connectivity index (χ0) is 6.41. The summed E-state index contributed by atoms with van der Waals surface area (Å²) in [4.78, 5) is 0. The summed E-state index contributed by atoms with van der Waals surface area (Å²) in [5.74, 6) is 0. The zero-order valence-electron chi connectivity index (χ0n) is 5.89. The summed E-state index contributed by atoms with van der Waals surface area (Å²) in [6.45, 7) is 5.08. The molecule has 0 saturated heterocycles. The Morgan fingerprint density at radius 3 is 2.12 bits per heavy atom. The van der Waals surface area contributed by atoms with Crippen LogP contribution in [0.5, 0.6) is 0 Å². The molecule has 0 bridgehead atoms. The topological polar surface area (TPSA) is 3.01 Å². The highest BCUT2D eigenvalue weighted by Gasteiger charge is 1.92. The van der Waals surface area contributed by atoms with Gasteiger partial charge in [0.1, 0.15) is 7.05 Å². The summed E-state index contributed by atoms with van der Waals surface area (Å²) in [6.07, 6.45) is 6.24. The molecule has 8 heavy (non-hydrogen) atoms. The van der Waals surface area contributed by atoms with Gasteiger partial charge in [-0.3, -0.25) is 0 Å². The highest BCUT2D eigenvalue weighted by atomic mass is 15.0. The van der Waals surface area contributed by atoms with Crippen LogP contribution in [0.25, 0.3) is 0 Å². The molecule has 0 aliphatic carbocycles. The summed E-state index contributed by atoms with van der Waals surface area (Å²) in [5, 5.41) is 0. The minimum Gasteiger partial charge on any atom is -0.235 e. The van der Waals surface area contributed by atoms with Gasteiger partial charge in [-0.05, 0) is 6.08 Å².